The number of fused-ring (bicyclic) bond motifs is 1. The molecule has 24 heavy (non-hydrogen) atoms. The first-order valence-electron chi connectivity index (χ1n) is 7.35. The Bertz CT molecular complexity index is 991. The summed E-state index contributed by atoms with van der Waals surface area (Å²) in [4.78, 5) is 14.3. The lowest BCUT2D eigenvalue weighted by molar-refractivity contribution is 0.381. The van der Waals surface area contributed by atoms with E-state index in [0.717, 1.165) is 16.3 Å². The normalized spacial score (nSPS) is 12.8. The summed E-state index contributed by atoms with van der Waals surface area (Å²) in [6.45, 7) is 5.93. The molecule has 9 heteroatoms. The zero-order valence-electron chi connectivity index (χ0n) is 13.3. The molecular formula is C15H14N6OS2. The van der Waals surface area contributed by atoms with Crippen LogP contribution in [0.2, 0.25) is 0 Å². The van der Waals surface area contributed by atoms with Crippen LogP contribution in [0.1, 0.15) is 29.5 Å². The monoisotopic (exact) mass is 358 g/mol. The lowest BCUT2D eigenvalue weighted by atomic mass is 10.4. The molecule has 4 heterocycles. The molecule has 4 aromatic rings. The van der Waals surface area contributed by atoms with Crippen molar-refractivity contribution in [1.29, 1.82) is 0 Å². The number of hydrogen-bond donors (Lipinski definition) is 0. The molecule has 0 aliphatic carbocycles. The molecule has 4 aromatic heterocycles. The number of aryl methyl sites for hydroxylation is 2. The van der Waals surface area contributed by atoms with Gasteiger partial charge in [0.15, 0.2) is 0 Å². The Morgan fingerprint density at radius 2 is 2.12 bits per heavy atom. The van der Waals surface area contributed by atoms with Crippen molar-refractivity contribution in [2.24, 2.45) is 0 Å². The predicted octanol–water partition coefficient (Wildman–Crippen LogP) is 3.71. The van der Waals surface area contributed by atoms with Gasteiger partial charge in [0, 0.05) is 11.4 Å². The minimum Gasteiger partial charge on any atom is -0.338 e. The molecule has 0 bridgehead atoms. The van der Waals surface area contributed by atoms with Gasteiger partial charge in [-0.05, 0) is 38.3 Å². The van der Waals surface area contributed by atoms with Gasteiger partial charge in [-0.2, -0.15) is 9.97 Å². The van der Waals surface area contributed by atoms with Crippen molar-refractivity contribution in [2.75, 3.05) is 0 Å². The number of rotatable bonds is 4. The molecule has 1 atom stereocenters. The lowest BCUT2D eigenvalue weighted by Gasteiger charge is -2.01. The Balaban J connectivity index is 1.58. The fraction of sp³-hybridized carbons (Fsp3) is 0.267. The topological polar surface area (TPSA) is 82.0 Å². The quantitative estimate of drug-likeness (QED) is 0.514. The molecule has 122 valence electrons. The van der Waals surface area contributed by atoms with Gasteiger partial charge >= 0.3 is 0 Å². The molecular weight excluding hydrogens is 344 g/mol. The van der Waals surface area contributed by atoms with E-state index in [9.17, 15) is 0 Å². The van der Waals surface area contributed by atoms with Crippen LogP contribution in [0.5, 0.6) is 0 Å². The first-order valence-corrected chi connectivity index (χ1v) is 9.11. The molecule has 0 N–H and O–H groups in total. The smallest absolute Gasteiger partial charge is 0.253 e. The summed E-state index contributed by atoms with van der Waals surface area (Å²) in [5, 5.41) is 11.1. The Morgan fingerprint density at radius 3 is 2.92 bits per heavy atom. The summed E-state index contributed by atoms with van der Waals surface area (Å²) in [6, 6.07) is 5.91. The third kappa shape index (κ3) is 2.80. The summed E-state index contributed by atoms with van der Waals surface area (Å²) < 4.78 is 7.13. The van der Waals surface area contributed by atoms with Crippen LogP contribution in [0.15, 0.2) is 33.3 Å². The van der Waals surface area contributed by atoms with E-state index in [1.165, 1.54) is 11.8 Å². The Labute approximate surface area is 146 Å². The molecule has 0 saturated heterocycles. The maximum atomic E-state index is 5.39. The molecule has 1 unspecified atom stereocenters. The fourth-order valence-electron chi connectivity index (χ4n) is 2.31. The standard InChI is InChI=1S/C15H14N6OS2/c1-8-7-9(2)21-14(16-8)18-15(19-21)24-10(3)13-17-12(20-22-13)11-5-4-6-23-11/h4-7,10H,1-3H3. The average molecular weight is 358 g/mol. The molecule has 0 amide bonds. The third-order valence-electron chi connectivity index (χ3n) is 3.41. The van der Waals surface area contributed by atoms with Gasteiger partial charge in [0.05, 0.1) is 10.1 Å². The second-order valence-corrected chi connectivity index (χ2v) is 7.59. The SMILES string of the molecule is Cc1cc(C)n2nc(SC(C)c3nc(-c4cccs4)no3)nc2n1. The van der Waals surface area contributed by atoms with Crippen molar-refractivity contribution in [1.82, 2.24) is 29.7 Å². The average Bonchev–Trinajstić information content (AvgIpc) is 3.26. The van der Waals surface area contributed by atoms with Gasteiger partial charge in [0.1, 0.15) is 0 Å². The number of aromatic nitrogens is 6. The zero-order chi connectivity index (χ0) is 16.7. The third-order valence-corrected chi connectivity index (χ3v) is 5.22. The highest BCUT2D eigenvalue weighted by molar-refractivity contribution is 7.99. The largest absolute Gasteiger partial charge is 0.338 e. The molecule has 0 spiro atoms. The van der Waals surface area contributed by atoms with E-state index in [-0.39, 0.29) is 5.25 Å². The molecule has 4 rings (SSSR count). The highest BCUT2D eigenvalue weighted by atomic mass is 32.2. The van der Waals surface area contributed by atoms with E-state index < -0.39 is 0 Å². The van der Waals surface area contributed by atoms with Crippen molar-refractivity contribution >= 4 is 28.9 Å². The summed E-state index contributed by atoms with van der Waals surface area (Å²) in [7, 11) is 0. The van der Waals surface area contributed by atoms with Gasteiger partial charge in [0.25, 0.3) is 5.78 Å². The van der Waals surface area contributed by atoms with E-state index in [0.29, 0.717) is 22.6 Å². The first-order chi connectivity index (χ1) is 11.6. The molecule has 0 fully saturated rings. The molecule has 0 aliphatic rings. The van der Waals surface area contributed by atoms with Crippen molar-refractivity contribution in [3.05, 3.63) is 40.9 Å². The van der Waals surface area contributed by atoms with Gasteiger partial charge in [-0.3, -0.25) is 0 Å². The van der Waals surface area contributed by atoms with Gasteiger partial charge in [-0.25, -0.2) is 9.50 Å². The minimum absolute atomic E-state index is 0.0509. The first kappa shape index (κ1) is 15.3. The van der Waals surface area contributed by atoms with E-state index in [4.69, 9.17) is 4.52 Å². The summed E-state index contributed by atoms with van der Waals surface area (Å²) in [6.07, 6.45) is 0. The van der Waals surface area contributed by atoms with E-state index >= 15 is 0 Å². The zero-order valence-corrected chi connectivity index (χ0v) is 14.9. The Hall–Kier alpha value is -2.26. The number of nitrogens with zero attached hydrogens (tertiary/aromatic N) is 6. The van der Waals surface area contributed by atoms with Crippen LogP contribution in [-0.4, -0.2) is 29.7 Å². The van der Waals surface area contributed by atoms with Crippen molar-refractivity contribution in [3.63, 3.8) is 0 Å². The van der Waals surface area contributed by atoms with Gasteiger partial charge in [-0.1, -0.05) is 23.0 Å². The summed E-state index contributed by atoms with van der Waals surface area (Å²) >= 11 is 3.05. The number of hydrogen-bond acceptors (Lipinski definition) is 8. The van der Waals surface area contributed by atoms with Crippen LogP contribution < -0.4 is 0 Å². The van der Waals surface area contributed by atoms with Crippen LogP contribution in [0, 0.1) is 13.8 Å². The number of thioether (sulfide) groups is 1. The Kier molecular flexibility index (Phi) is 3.81. The van der Waals surface area contributed by atoms with Crippen LogP contribution in [0.3, 0.4) is 0 Å². The van der Waals surface area contributed by atoms with Crippen molar-refractivity contribution < 1.29 is 4.52 Å². The molecule has 0 aliphatic heterocycles. The highest BCUT2D eigenvalue weighted by Crippen LogP contribution is 2.33. The lowest BCUT2D eigenvalue weighted by Crippen LogP contribution is -1.97. The predicted molar refractivity (Wildman–Crippen MR) is 92.1 cm³/mol. The molecule has 0 radical (unpaired) electrons. The summed E-state index contributed by atoms with van der Waals surface area (Å²) in [5.41, 5.74) is 1.93. The molecule has 7 nitrogen and oxygen atoms in total. The van der Waals surface area contributed by atoms with Crippen LogP contribution in [0.25, 0.3) is 16.5 Å². The molecule has 0 aromatic carbocycles. The van der Waals surface area contributed by atoms with E-state index in [1.54, 1.807) is 15.9 Å². The summed E-state index contributed by atoms with van der Waals surface area (Å²) in [5.74, 6) is 1.78. The molecule has 0 saturated carbocycles. The van der Waals surface area contributed by atoms with Gasteiger partial charge < -0.3 is 4.52 Å². The minimum atomic E-state index is -0.0509. The van der Waals surface area contributed by atoms with Crippen LogP contribution in [0.4, 0.5) is 0 Å². The second-order valence-electron chi connectivity index (χ2n) is 5.34. The maximum absolute atomic E-state index is 5.39. The van der Waals surface area contributed by atoms with Crippen molar-refractivity contribution in [3.8, 4) is 10.7 Å². The second kappa shape index (κ2) is 5.99. The fourth-order valence-corrected chi connectivity index (χ4v) is 3.74. The van der Waals surface area contributed by atoms with Gasteiger partial charge in [0.2, 0.25) is 16.9 Å². The van der Waals surface area contributed by atoms with Crippen LogP contribution in [-0.2, 0) is 0 Å². The van der Waals surface area contributed by atoms with Crippen LogP contribution >= 0.6 is 23.1 Å². The maximum Gasteiger partial charge on any atom is 0.253 e. The highest BCUT2D eigenvalue weighted by Gasteiger charge is 2.19. The van der Waals surface area contributed by atoms with E-state index in [2.05, 4.69) is 25.2 Å². The number of thiophene rings is 1. The Morgan fingerprint density at radius 1 is 1.25 bits per heavy atom. The van der Waals surface area contributed by atoms with E-state index in [1.807, 2.05) is 44.4 Å². The van der Waals surface area contributed by atoms with Crippen molar-refractivity contribution in [2.45, 2.75) is 31.2 Å². The van der Waals surface area contributed by atoms with Gasteiger partial charge in [-0.15, -0.1) is 16.4 Å².